The minimum absolute atomic E-state index is 0.0715. The zero-order valence-electron chi connectivity index (χ0n) is 10.3. The second-order valence-corrected chi connectivity index (χ2v) is 4.88. The molecule has 0 amide bonds. The molecule has 0 aliphatic rings. The average molecular weight is 277 g/mol. The number of ketones is 2. The molecule has 0 fully saturated rings. The third-order valence-electron chi connectivity index (χ3n) is 3.13. The van der Waals surface area contributed by atoms with Crippen molar-refractivity contribution in [2.75, 3.05) is 12.3 Å². The molecule has 18 heavy (non-hydrogen) atoms. The Labute approximate surface area is 110 Å². The number of hydrogen-bond acceptors (Lipinski definition) is 7. The van der Waals surface area contributed by atoms with E-state index in [1.54, 1.807) is 0 Å². The Hall–Kier alpha value is -0.960. The van der Waals surface area contributed by atoms with E-state index in [0.29, 0.717) is 0 Å². The maximum Gasteiger partial charge on any atom is 0.332 e. The Bertz CT molecular complexity index is 372. The van der Waals surface area contributed by atoms with Crippen molar-refractivity contribution in [3.8, 4) is 0 Å². The highest BCUT2D eigenvalue weighted by molar-refractivity contribution is 7.80. The predicted molar refractivity (Wildman–Crippen MR) is 69.2 cm³/mol. The fourth-order valence-corrected chi connectivity index (χ4v) is 1.70. The van der Waals surface area contributed by atoms with Crippen LogP contribution in [0.5, 0.6) is 0 Å². The Morgan fingerprint density at radius 1 is 1.33 bits per heavy atom. The maximum absolute atomic E-state index is 12.0. The number of aliphatic carboxylic acids is 1. The van der Waals surface area contributed by atoms with Crippen LogP contribution in [0.1, 0.15) is 13.8 Å². The van der Waals surface area contributed by atoms with Crippen molar-refractivity contribution in [1.29, 1.82) is 0 Å². The smallest absolute Gasteiger partial charge is 0.332 e. The molecule has 0 spiro atoms. The van der Waals surface area contributed by atoms with Gasteiger partial charge >= 0.3 is 5.97 Å². The van der Waals surface area contributed by atoms with Crippen molar-refractivity contribution in [3.05, 3.63) is 0 Å². The Balaban J connectivity index is 5.76. The van der Waals surface area contributed by atoms with Crippen LogP contribution < -0.4 is 17.2 Å². The van der Waals surface area contributed by atoms with Gasteiger partial charge in [-0.25, -0.2) is 4.79 Å². The monoisotopic (exact) mass is 277 g/mol. The summed E-state index contributed by atoms with van der Waals surface area (Å²) in [7, 11) is 0. The van der Waals surface area contributed by atoms with Gasteiger partial charge < -0.3 is 22.3 Å². The van der Waals surface area contributed by atoms with Crippen molar-refractivity contribution in [1.82, 2.24) is 0 Å². The quantitative estimate of drug-likeness (QED) is 0.271. The fraction of sp³-hybridized carbons (Fsp3) is 0.700. The van der Waals surface area contributed by atoms with E-state index in [9.17, 15) is 19.5 Å². The standard InChI is InChI=1S/C10H19N3O4S/c1-9(2,6(14)3-11)10(13,8(16)17)7(15)5(12)4-18/h5,18H,3-4,11-13H2,1-2H3,(H,16,17). The first-order chi connectivity index (χ1) is 8.07. The number of carbonyl (C=O) groups excluding carboxylic acids is 2. The number of carboxylic acid groups (broad SMARTS) is 1. The summed E-state index contributed by atoms with van der Waals surface area (Å²) in [6.07, 6.45) is 0. The van der Waals surface area contributed by atoms with Crippen molar-refractivity contribution < 1.29 is 19.5 Å². The number of thiol groups is 1. The van der Waals surface area contributed by atoms with Crippen LogP contribution in [0.3, 0.4) is 0 Å². The molecule has 0 aliphatic carbocycles. The van der Waals surface area contributed by atoms with Crippen molar-refractivity contribution in [2.45, 2.75) is 25.4 Å². The van der Waals surface area contributed by atoms with E-state index < -0.39 is 41.1 Å². The van der Waals surface area contributed by atoms with Crippen LogP contribution in [0.4, 0.5) is 0 Å². The van der Waals surface area contributed by atoms with E-state index in [4.69, 9.17) is 17.2 Å². The molecule has 2 atom stereocenters. The number of Topliss-reactive ketones (excluding diaryl/α,β-unsaturated/α-hetero) is 2. The second-order valence-electron chi connectivity index (χ2n) is 4.52. The molecule has 0 bridgehead atoms. The first-order valence-electron chi connectivity index (χ1n) is 5.23. The van der Waals surface area contributed by atoms with E-state index >= 15 is 0 Å². The zero-order chi connectivity index (χ0) is 14.7. The van der Waals surface area contributed by atoms with E-state index in [1.807, 2.05) is 0 Å². The highest BCUT2D eigenvalue weighted by atomic mass is 32.1. The molecule has 7 N–H and O–H groups in total. The lowest BCUT2D eigenvalue weighted by atomic mass is 9.66. The van der Waals surface area contributed by atoms with Crippen LogP contribution in [0.15, 0.2) is 0 Å². The summed E-state index contributed by atoms with van der Waals surface area (Å²) in [5.41, 5.74) is 12.3. The van der Waals surface area contributed by atoms with E-state index in [-0.39, 0.29) is 5.75 Å². The molecular formula is C10H19N3O4S. The zero-order valence-corrected chi connectivity index (χ0v) is 11.2. The van der Waals surface area contributed by atoms with Gasteiger partial charge in [-0.05, 0) is 0 Å². The van der Waals surface area contributed by atoms with Crippen LogP contribution in [0, 0.1) is 5.41 Å². The third kappa shape index (κ3) is 2.56. The van der Waals surface area contributed by atoms with Crippen LogP contribution in [-0.4, -0.2) is 46.5 Å². The highest BCUT2D eigenvalue weighted by Gasteiger charge is 2.58. The Morgan fingerprint density at radius 2 is 1.78 bits per heavy atom. The van der Waals surface area contributed by atoms with Crippen molar-refractivity contribution >= 4 is 30.2 Å². The van der Waals surface area contributed by atoms with Crippen LogP contribution >= 0.6 is 12.6 Å². The Morgan fingerprint density at radius 3 is 2.06 bits per heavy atom. The predicted octanol–water partition coefficient (Wildman–Crippen LogP) is -1.85. The molecule has 0 rings (SSSR count). The number of hydrogen-bond donors (Lipinski definition) is 5. The van der Waals surface area contributed by atoms with Gasteiger partial charge in [0.05, 0.1) is 18.0 Å². The summed E-state index contributed by atoms with van der Waals surface area (Å²) in [6.45, 7) is 2.11. The van der Waals surface area contributed by atoms with E-state index in [0.717, 1.165) is 0 Å². The molecule has 8 heteroatoms. The molecule has 0 aromatic rings. The molecule has 104 valence electrons. The summed E-state index contributed by atoms with van der Waals surface area (Å²) in [5.74, 6) is -3.27. The first kappa shape index (κ1) is 17.0. The number of rotatable bonds is 7. The molecule has 0 aromatic heterocycles. The SMILES string of the molecule is CC(C)(C(=O)CN)C(N)(C(=O)O)C(=O)C(N)CS. The minimum Gasteiger partial charge on any atom is -0.480 e. The van der Waals surface area contributed by atoms with Gasteiger partial charge in [-0.2, -0.15) is 12.6 Å². The van der Waals surface area contributed by atoms with Gasteiger partial charge in [-0.1, -0.05) is 13.8 Å². The van der Waals surface area contributed by atoms with E-state index in [1.165, 1.54) is 13.8 Å². The van der Waals surface area contributed by atoms with Gasteiger partial charge in [-0.15, -0.1) is 0 Å². The number of carboxylic acids is 1. The van der Waals surface area contributed by atoms with Gasteiger partial charge in [0, 0.05) is 5.75 Å². The summed E-state index contributed by atoms with van der Waals surface area (Å²) >= 11 is 3.82. The molecular weight excluding hydrogens is 258 g/mol. The van der Waals surface area contributed by atoms with E-state index in [2.05, 4.69) is 12.6 Å². The van der Waals surface area contributed by atoms with Crippen molar-refractivity contribution in [3.63, 3.8) is 0 Å². The van der Waals surface area contributed by atoms with Crippen LogP contribution in [-0.2, 0) is 14.4 Å². The molecule has 0 aromatic carbocycles. The number of nitrogens with two attached hydrogens (primary N) is 3. The van der Waals surface area contributed by atoms with Gasteiger partial charge in [0.2, 0.25) is 0 Å². The Kier molecular flexibility index (Phi) is 5.48. The highest BCUT2D eigenvalue weighted by Crippen LogP contribution is 2.32. The normalized spacial score (nSPS) is 16.8. The lowest BCUT2D eigenvalue weighted by molar-refractivity contribution is -0.158. The second kappa shape index (κ2) is 5.79. The van der Waals surface area contributed by atoms with Gasteiger partial charge in [-0.3, -0.25) is 9.59 Å². The molecule has 0 radical (unpaired) electrons. The molecule has 7 nitrogen and oxygen atoms in total. The first-order valence-corrected chi connectivity index (χ1v) is 5.87. The van der Waals surface area contributed by atoms with Gasteiger partial charge in [0.25, 0.3) is 0 Å². The third-order valence-corrected chi connectivity index (χ3v) is 3.52. The topological polar surface area (TPSA) is 150 Å². The largest absolute Gasteiger partial charge is 0.480 e. The molecule has 2 unspecified atom stereocenters. The summed E-state index contributed by atoms with van der Waals surface area (Å²) < 4.78 is 0. The number of carbonyl (C=O) groups is 3. The lowest BCUT2D eigenvalue weighted by Gasteiger charge is -2.38. The van der Waals surface area contributed by atoms with Crippen LogP contribution in [0.25, 0.3) is 0 Å². The summed E-state index contributed by atoms with van der Waals surface area (Å²) in [6, 6.07) is -1.17. The molecule has 0 aliphatic heterocycles. The molecule has 0 saturated carbocycles. The minimum atomic E-state index is -2.42. The molecule has 0 heterocycles. The maximum atomic E-state index is 12.0. The summed E-state index contributed by atoms with van der Waals surface area (Å²) in [5, 5.41) is 9.21. The fourth-order valence-electron chi connectivity index (χ4n) is 1.53. The van der Waals surface area contributed by atoms with Crippen molar-refractivity contribution in [2.24, 2.45) is 22.6 Å². The average Bonchev–Trinajstić information content (AvgIpc) is 2.33. The lowest BCUT2D eigenvalue weighted by Crippen LogP contribution is -2.70. The van der Waals surface area contributed by atoms with Gasteiger partial charge in [0.15, 0.2) is 17.1 Å². The van der Waals surface area contributed by atoms with Gasteiger partial charge in [0.1, 0.15) is 0 Å². The molecule has 0 saturated heterocycles. The summed E-state index contributed by atoms with van der Waals surface area (Å²) in [4.78, 5) is 35.1. The van der Waals surface area contributed by atoms with Crippen LogP contribution in [0.2, 0.25) is 0 Å².